The topological polar surface area (TPSA) is 34.1 Å². The van der Waals surface area contributed by atoms with Crippen molar-refractivity contribution < 1.29 is 9.59 Å². The van der Waals surface area contributed by atoms with E-state index in [4.69, 9.17) is 0 Å². The minimum Gasteiger partial charge on any atom is -0.299 e. The van der Waals surface area contributed by atoms with Crippen LogP contribution in [0.4, 0.5) is 0 Å². The van der Waals surface area contributed by atoms with Crippen molar-refractivity contribution in [3.05, 3.63) is 77.4 Å². The average molecular weight is 292 g/mol. The van der Waals surface area contributed by atoms with E-state index in [0.29, 0.717) is 12.0 Å². The molecule has 1 unspecified atom stereocenters. The molecule has 112 valence electrons. The predicted octanol–water partition coefficient (Wildman–Crippen LogP) is 4.49. The first kappa shape index (κ1) is 15.9. The first-order valence-electron chi connectivity index (χ1n) is 7.41. The van der Waals surface area contributed by atoms with Gasteiger partial charge in [-0.05, 0) is 25.8 Å². The van der Waals surface area contributed by atoms with Gasteiger partial charge in [0.1, 0.15) is 5.78 Å². The zero-order valence-electron chi connectivity index (χ0n) is 13.0. The summed E-state index contributed by atoms with van der Waals surface area (Å²) in [6, 6.07) is 17.1. The van der Waals surface area contributed by atoms with Crippen molar-refractivity contribution in [3.8, 4) is 0 Å². The molecule has 2 rings (SSSR count). The number of carbonyl (C=O) groups is 2. The number of ketones is 2. The van der Waals surface area contributed by atoms with Crippen LogP contribution in [-0.4, -0.2) is 11.6 Å². The van der Waals surface area contributed by atoms with Crippen LogP contribution < -0.4 is 0 Å². The summed E-state index contributed by atoms with van der Waals surface area (Å²) >= 11 is 0. The normalized spacial score (nSPS) is 12.3. The molecule has 0 N–H and O–H groups in total. The molecule has 1 atom stereocenters. The molecule has 0 saturated carbocycles. The van der Waals surface area contributed by atoms with E-state index >= 15 is 0 Å². The lowest BCUT2D eigenvalue weighted by molar-refractivity contribution is -0.119. The summed E-state index contributed by atoms with van der Waals surface area (Å²) in [5.74, 6) is -0.812. The zero-order chi connectivity index (χ0) is 15.9. The van der Waals surface area contributed by atoms with Crippen LogP contribution in [-0.2, 0) is 4.79 Å². The van der Waals surface area contributed by atoms with Crippen LogP contribution in [0.1, 0.15) is 34.8 Å². The highest BCUT2D eigenvalue weighted by Crippen LogP contribution is 2.16. The summed E-state index contributed by atoms with van der Waals surface area (Å²) in [5, 5.41) is 0. The Hall–Kier alpha value is -2.48. The van der Waals surface area contributed by atoms with E-state index < -0.39 is 5.92 Å². The highest BCUT2D eigenvalue weighted by atomic mass is 16.1. The fourth-order valence-corrected chi connectivity index (χ4v) is 2.38. The lowest BCUT2D eigenvalue weighted by atomic mass is 9.91. The molecule has 0 bridgehead atoms. The van der Waals surface area contributed by atoms with Gasteiger partial charge in [0.2, 0.25) is 0 Å². The summed E-state index contributed by atoms with van der Waals surface area (Å²) in [7, 11) is 0. The Kier molecular flexibility index (Phi) is 5.42. The van der Waals surface area contributed by atoms with Crippen molar-refractivity contribution in [1.29, 1.82) is 0 Å². The molecule has 0 aliphatic rings. The lowest BCUT2D eigenvalue weighted by Gasteiger charge is -2.10. The second kappa shape index (κ2) is 7.51. The Labute approximate surface area is 131 Å². The molecule has 0 radical (unpaired) electrons. The predicted molar refractivity (Wildman–Crippen MR) is 89.8 cm³/mol. The molecule has 0 aliphatic heterocycles. The molecule has 22 heavy (non-hydrogen) atoms. The number of carbonyl (C=O) groups excluding carboxylic acids is 2. The van der Waals surface area contributed by atoms with Crippen LogP contribution in [0.2, 0.25) is 0 Å². The van der Waals surface area contributed by atoms with Crippen molar-refractivity contribution in [3.63, 3.8) is 0 Å². The Morgan fingerprint density at radius 1 is 1.05 bits per heavy atom. The van der Waals surface area contributed by atoms with Crippen LogP contribution in [0.3, 0.4) is 0 Å². The van der Waals surface area contributed by atoms with Gasteiger partial charge in [-0.3, -0.25) is 9.59 Å². The first-order valence-corrected chi connectivity index (χ1v) is 7.41. The smallest absolute Gasteiger partial charge is 0.173 e. The van der Waals surface area contributed by atoms with Gasteiger partial charge in [0.25, 0.3) is 0 Å². The van der Waals surface area contributed by atoms with Gasteiger partial charge in [0.15, 0.2) is 5.78 Å². The summed E-state index contributed by atoms with van der Waals surface area (Å²) in [4.78, 5) is 24.2. The maximum Gasteiger partial charge on any atom is 0.173 e. The second-order valence-electron chi connectivity index (χ2n) is 5.45. The molecule has 0 fully saturated rings. The van der Waals surface area contributed by atoms with Crippen LogP contribution in [0.25, 0.3) is 6.08 Å². The third-order valence-electron chi connectivity index (χ3n) is 3.59. The molecule has 0 amide bonds. The minimum atomic E-state index is -0.608. The molecule has 2 nitrogen and oxygen atoms in total. The van der Waals surface area contributed by atoms with Crippen LogP contribution in [0.5, 0.6) is 0 Å². The average Bonchev–Trinajstić information content (AvgIpc) is 2.51. The minimum absolute atomic E-state index is 0.0947. The largest absolute Gasteiger partial charge is 0.299 e. The van der Waals surface area contributed by atoms with Crippen molar-refractivity contribution in [2.75, 3.05) is 0 Å². The van der Waals surface area contributed by atoms with Gasteiger partial charge >= 0.3 is 0 Å². The number of benzene rings is 2. The fourth-order valence-electron chi connectivity index (χ4n) is 2.38. The van der Waals surface area contributed by atoms with Gasteiger partial charge in [0, 0.05) is 5.56 Å². The molecule has 0 saturated heterocycles. The van der Waals surface area contributed by atoms with Crippen LogP contribution in [0, 0.1) is 12.8 Å². The van der Waals surface area contributed by atoms with Gasteiger partial charge < -0.3 is 0 Å². The van der Waals surface area contributed by atoms with E-state index in [1.54, 1.807) is 12.1 Å². The van der Waals surface area contributed by atoms with Gasteiger partial charge in [0.05, 0.1) is 5.92 Å². The molecule has 0 aliphatic carbocycles. The van der Waals surface area contributed by atoms with Crippen molar-refractivity contribution in [1.82, 2.24) is 0 Å². The molecule has 2 aromatic carbocycles. The molecular formula is C20H20O2. The highest BCUT2D eigenvalue weighted by molar-refractivity contribution is 6.10. The van der Waals surface area contributed by atoms with Crippen molar-refractivity contribution in [2.24, 2.45) is 5.92 Å². The third kappa shape index (κ3) is 4.26. The Morgan fingerprint density at radius 2 is 1.77 bits per heavy atom. The Morgan fingerprint density at radius 3 is 2.41 bits per heavy atom. The SMILES string of the molecule is CC(=O)C(C/C=C\c1cccc(C)c1)C(=O)c1ccccc1. The van der Waals surface area contributed by atoms with Crippen molar-refractivity contribution in [2.45, 2.75) is 20.3 Å². The van der Waals surface area contributed by atoms with Gasteiger partial charge in [-0.25, -0.2) is 0 Å². The summed E-state index contributed by atoms with van der Waals surface area (Å²) in [6.45, 7) is 3.51. The highest BCUT2D eigenvalue weighted by Gasteiger charge is 2.22. The standard InChI is InChI=1S/C20H20O2/c1-15-8-6-9-17(14-15)10-7-13-19(16(2)21)20(22)18-11-4-3-5-12-18/h3-12,14,19H,13H2,1-2H3/b10-7-. The summed E-state index contributed by atoms with van der Waals surface area (Å²) < 4.78 is 0. The van der Waals surface area contributed by atoms with E-state index in [1.165, 1.54) is 12.5 Å². The number of aryl methyl sites for hydroxylation is 1. The van der Waals surface area contributed by atoms with E-state index in [0.717, 1.165) is 5.56 Å². The number of hydrogen-bond acceptors (Lipinski definition) is 2. The fraction of sp³-hybridized carbons (Fsp3) is 0.200. The van der Waals surface area contributed by atoms with E-state index in [-0.39, 0.29) is 11.6 Å². The van der Waals surface area contributed by atoms with Crippen LogP contribution in [0.15, 0.2) is 60.7 Å². The first-order chi connectivity index (χ1) is 10.6. The quantitative estimate of drug-likeness (QED) is 0.581. The summed E-state index contributed by atoms with van der Waals surface area (Å²) in [5.41, 5.74) is 2.85. The lowest BCUT2D eigenvalue weighted by Crippen LogP contribution is -2.21. The third-order valence-corrected chi connectivity index (χ3v) is 3.59. The number of Topliss-reactive ketones (excluding diaryl/α,β-unsaturated/α-hetero) is 2. The maximum absolute atomic E-state index is 12.4. The second-order valence-corrected chi connectivity index (χ2v) is 5.45. The monoisotopic (exact) mass is 292 g/mol. The number of rotatable bonds is 6. The van der Waals surface area contributed by atoms with Crippen LogP contribution >= 0.6 is 0 Å². The molecular weight excluding hydrogens is 272 g/mol. The molecule has 0 spiro atoms. The Balaban J connectivity index is 2.10. The Bertz CT molecular complexity index is 684. The molecule has 2 aromatic rings. The molecule has 2 heteroatoms. The summed E-state index contributed by atoms with van der Waals surface area (Å²) in [6.07, 6.45) is 4.29. The zero-order valence-corrected chi connectivity index (χ0v) is 13.0. The molecule has 0 aromatic heterocycles. The van der Waals surface area contributed by atoms with E-state index in [1.807, 2.05) is 55.5 Å². The van der Waals surface area contributed by atoms with E-state index in [9.17, 15) is 9.59 Å². The molecule has 0 heterocycles. The number of allylic oxidation sites excluding steroid dienone is 1. The van der Waals surface area contributed by atoms with Crippen molar-refractivity contribution >= 4 is 17.6 Å². The van der Waals surface area contributed by atoms with E-state index in [2.05, 4.69) is 6.07 Å². The van der Waals surface area contributed by atoms with Gasteiger partial charge in [-0.15, -0.1) is 0 Å². The van der Waals surface area contributed by atoms with Gasteiger partial charge in [-0.1, -0.05) is 72.3 Å². The number of hydrogen-bond donors (Lipinski definition) is 0. The van der Waals surface area contributed by atoms with Gasteiger partial charge in [-0.2, -0.15) is 0 Å². The maximum atomic E-state index is 12.4.